The minimum Gasteiger partial charge on any atom is -0.435 e. The molecule has 0 bridgehead atoms. The molecule has 0 saturated carbocycles. The van der Waals surface area contributed by atoms with E-state index in [9.17, 15) is 8.78 Å². The lowest BCUT2D eigenvalue weighted by Crippen LogP contribution is -2.05. The maximum absolute atomic E-state index is 12.2. The summed E-state index contributed by atoms with van der Waals surface area (Å²) in [5.41, 5.74) is 12.6. The minimum absolute atomic E-state index is 0.147. The minimum atomic E-state index is -2.81. The first-order valence-electron chi connectivity index (χ1n) is 8.75. The van der Waals surface area contributed by atoms with Crippen molar-refractivity contribution >= 4 is 11.3 Å². The second-order valence-electron chi connectivity index (χ2n) is 6.47. The van der Waals surface area contributed by atoms with Gasteiger partial charge in [0, 0.05) is 17.4 Å². The van der Waals surface area contributed by atoms with Gasteiger partial charge in [-0.05, 0) is 73.3 Å². The Bertz CT molecular complexity index is 907. The summed E-state index contributed by atoms with van der Waals surface area (Å²) in [7, 11) is 0. The lowest BCUT2D eigenvalue weighted by Gasteiger charge is -2.11. The molecule has 0 fully saturated rings. The van der Waals surface area contributed by atoms with Crippen molar-refractivity contribution in [3.8, 4) is 16.3 Å². The molecule has 0 unspecified atom stereocenters. The van der Waals surface area contributed by atoms with Crippen LogP contribution in [0.5, 0.6) is 5.75 Å². The number of aromatic nitrogens is 1. The third-order valence-electron chi connectivity index (χ3n) is 4.46. The molecule has 0 atom stereocenters. The van der Waals surface area contributed by atoms with Crippen molar-refractivity contribution in [1.82, 2.24) is 4.98 Å². The standard InChI is InChI=1S/C21H22F2N2OS/c1-13-10-17(14(2)9-16(13)7-8-24)11-18-12-27-20(25-18)15-3-5-19(6-4-15)26-21(22)23/h3-6,9-10,12,21H,7-8,11,24H2,1-2H3. The summed E-state index contributed by atoms with van der Waals surface area (Å²) >= 11 is 1.55. The number of ether oxygens (including phenoxy) is 1. The van der Waals surface area contributed by atoms with Gasteiger partial charge in [0.25, 0.3) is 0 Å². The third-order valence-corrected chi connectivity index (χ3v) is 5.40. The van der Waals surface area contributed by atoms with Crippen molar-refractivity contribution in [2.45, 2.75) is 33.3 Å². The number of alkyl halides is 2. The zero-order valence-electron chi connectivity index (χ0n) is 15.3. The molecule has 0 amide bonds. The summed E-state index contributed by atoms with van der Waals surface area (Å²) in [4.78, 5) is 4.71. The molecular weight excluding hydrogens is 366 g/mol. The fourth-order valence-corrected chi connectivity index (χ4v) is 3.87. The van der Waals surface area contributed by atoms with E-state index >= 15 is 0 Å². The van der Waals surface area contributed by atoms with E-state index in [0.29, 0.717) is 6.54 Å². The monoisotopic (exact) mass is 388 g/mol. The summed E-state index contributed by atoms with van der Waals surface area (Å²) in [6.07, 6.45) is 1.65. The molecule has 1 aromatic heterocycles. The molecule has 142 valence electrons. The summed E-state index contributed by atoms with van der Waals surface area (Å²) in [6.45, 7) is 2.06. The van der Waals surface area contributed by atoms with Gasteiger partial charge in [0.15, 0.2) is 0 Å². The van der Waals surface area contributed by atoms with E-state index < -0.39 is 6.61 Å². The molecule has 3 aromatic rings. The summed E-state index contributed by atoms with van der Waals surface area (Å²) in [5.74, 6) is 0.147. The van der Waals surface area contributed by atoms with Gasteiger partial charge in [0.2, 0.25) is 0 Å². The summed E-state index contributed by atoms with van der Waals surface area (Å²) < 4.78 is 28.9. The Balaban J connectivity index is 1.75. The van der Waals surface area contributed by atoms with Crippen molar-refractivity contribution in [3.63, 3.8) is 0 Å². The van der Waals surface area contributed by atoms with Crippen LogP contribution in [-0.4, -0.2) is 18.1 Å². The second-order valence-corrected chi connectivity index (χ2v) is 7.33. The Kier molecular flexibility index (Phi) is 6.19. The van der Waals surface area contributed by atoms with E-state index in [-0.39, 0.29) is 5.75 Å². The van der Waals surface area contributed by atoms with Crippen LogP contribution in [0.1, 0.15) is 27.9 Å². The number of aryl methyl sites for hydroxylation is 2. The van der Waals surface area contributed by atoms with Gasteiger partial charge in [-0.15, -0.1) is 11.3 Å². The first-order chi connectivity index (χ1) is 13.0. The molecule has 0 aliphatic heterocycles. The molecule has 2 N–H and O–H groups in total. The number of benzene rings is 2. The number of hydrogen-bond acceptors (Lipinski definition) is 4. The van der Waals surface area contributed by atoms with Crippen LogP contribution in [0.3, 0.4) is 0 Å². The highest BCUT2D eigenvalue weighted by Gasteiger charge is 2.10. The first kappa shape index (κ1) is 19.5. The van der Waals surface area contributed by atoms with Gasteiger partial charge in [0.1, 0.15) is 10.8 Å². The maximum Gasteiger partial charge on any atom is 0.387 e. The Morgan fingerprint density at radius 3 is 2.41 bits per heavy atom. The fraction of sp³-hybridized carbons (Fsp3) is 0.286. The first-order valence-corrected chi connectivity index (χ1v) is 9.63. The van der Waals surface area contributed by atoms with E-state index in [2.05, 4.69) is 30.7 Å². The lowest BCUT2D eigenvalue weighted by atomic mass is 9.96. The Hall–Kier alpha value is -2.31. The molecule has 0 aliphatic carbocycles. The van der Waals surface area contributed by atoms with E-state index in [1.807, 2.05) is 5.38 Å². The van der Waals surface area contributed by atoms with E-state index in [4.69, 9.17) is 10.7 Å². The third kappa shape index (κ3) is 4.90. The molecule has 3 nitrogen and oxygen atoms in total. The van der Waals surface area contributed by atoms with Crippen LogP contribution in [0.25, 0.3) is 10.6 Å². The zero-order valence-corrected chi connectivity index (χ0v) is 16.2. The van der Waals surface area contributed by atoms with Crippen molar-refractivity contribution < 1.29 is 13.5 Å². The van der Waals surface area contributed by atoms with E-state index in [1.165, 1.54) is 34.4 Å². The van der Waals surface area contributed by atoms with Gasteiger partial charge in [0.05, 0.1) is 5.69 Å². The molecular formula is C21H22F2N2OS. The van der Waals surface area contributed by atoms with Crippen molar-refractivity contribution in [2.24, 2.45) is 5.73 Å². The topological polar surface area (TPSA) is 48.1 Å². The SMILES string of the molecule is Cc1cc(Cc2csc(-c3ccc(OC(F)F)cc3)n2)c(C)cc1CCN. The summed E-state index contributed by atoms with van der Waals surface area (Å²) in [6, 6.07) is 11.0. The normalized spacial score (nSPS) is 11.2. The second kappa shape index (κ2) is 8.59. The highest BCUT2D eigenvalue weighted by Crippen LogP contribution is 2.28. The Morgan fingerprint density at radius 2 is 1.74 bits per heavy atom. The van der Waals surface area contributed by atoms with Crippen molar-refractivity contribution in [2.75, 3.05) is 6.54 Å². The van der Waals surface area contributed by atoms with Crippen molar-refractivity contribution in [1.29, 1.82) is 0 Å². The fourth-order valence-electron chi connectivity index (χ4n) is 3.05. The van der Waals surface area contributed by atoms with Gasteiger partial charge in [-0.1, -0.05) is 12.1 Å². The number of thiazole rings is 1. The molecule has 0 spiro atoms. The number of halogens is 2. The van der Waals surface area contributed by atoms with Gasteiger partial charge in [-0.3, -0.25) is 0 Å². The Morgan fingerprint density at radius 1 is 1.07 bits per heavy atom. The zero-order chi connectivity index (χ0) is 19.4. The molecule has 27 heavy (non-hydrogen) atoms. The highest BCUT2D eigenvalue weighted by atomic mass is 32.1. The maximum atomic E-state index is 12.2. The lowest BCUT2D eigenvalue weighted by molar-refractivity contribution is -0.0498. The molecule has 0 radical (unpaired) electrons. The van der Waals surface area contributed by atoms with E-state index in [1.54, 1.807) is 23.5 Å². The van der Waals surface area contributed by atoms with Gasteiger partial charge in [-0.2, -0.15) is 8.78 Å². The van der Waals surface area contributed by atoms with E-state index in [0.717, 1.165) is 29.1 Å². The van der Waals surface area contributed by atoms with Crippen LogP contribution in [-0.2, 0) is 12.8 Å². The predicted molar refractivity (Wildman–Crippen MR) is 106 cm³/mol. The highest BCUT2D eigenvalue weighted by molar-refractivity contribution is 7.13. The Labute approximate surface area is 161 Å². The molecule has 0 aliphatic rings. The molecule has 6 heteroatoms. The molecule has 1 heterocycles. The quantitative estimate of drug-likeness (QED) is 0.611. The van der Waals surface area contributed by atoms with Crippen LogP contribution >= 0.6 is 11.3 Å². The van der Waals surface area contributed by atoms with Crippen molar-refractivity contribution in [3.05, 3.63) is 69.7 Å². The largest absolute Gasteiger partial charge is 0.435 e. The summed E-state index contributed by atoms with van der Waals surface area (Å²) in [5, 5.41) is 2.91. The van der Waals surface area contributed by atoms with Gasteiger partial charge < -0.3 is 10.5 Å². The van der Waals surface area contributed by atoms with Gasteiger partial charge in [-0.25, -0.2) is 4.98 Å². The van der Waals surface area contributed by atoms with Crippen LogP contribution in [0, 0.1) is 13.8 Å². The average Bonchev–Trinajstić information content (AvgIpc) is 3.08. The average molecular weight is 388 g/mol. The molecule has 0 saturated heterocycles. The van der Waals surface area contributed by atoms with Crippen LogP contribution in [0.2, 0.25) is 0 Å². The van der Waals surface area contributed by atoms with Crippen LogP contribution in [0.15, 0.2) is 41.8 Å². The predicted octanol–water partition coefficient (Wildman–Crippen LogP) is 5.12. The molecule has 3 rings (SSSR count). The van der Waals surface area contributed by atoms with Gasteiger partial charge >= 0.3 is 6.61 Å². The number of rotatable bonds is 7. The number of hydrogen-bond donors (Lipinski definition) is 1. The molecule has 2 aromatic carbocycles. The number of nitrogens with two attached hydrogens (primary N) is 1. The smallest absolute Gasteiger partial charge is 0.387 e. The number of nitrogens with zero attached hydrogens (tertiary/aromatic N) is 1. The van der Waals surface area contributed by atoms with Crippen LogP contribution in [0.4, 0.5) is 8.78 Å². The van der Waals surface area contributed by atoms with Crippen LogP contribution < -0.4 is 10.5 Å².